The topological polar surface area (TPSA) is 47.3 Å². The number of ether oxygens (including phenoxy) is 1. The van der Waals surface area contributed by atoms with Gasteiger partial charge in [-0.05, 0) is 19.1 Å². The number of aryl methyl sites for hydroxylation is 1. The predicted molar refractivity (Wildman–Crippen MR) is 72.3 cm³/mol. The van der Waals surface area contributed by atoms with E-state index in [9.17, 15) is 5.11 Å². The van der Waals surface area contributed by atoms with Gasteiger partial charge in [0.1, 0.15) is 18.2 Å². The summed E-state index contributed by atoms with van der Waals surface area (Å²) in [5.74, 6) is 1.51. The largest absolute Gasteiger partial charge is 0.485 e. The number of aliphatic hydroxyl groups is 1. The Morgan fingerprint density at radius 1 is 1.50 bits per heavy atom. The highest BCUT2D eigenvalue weighted by Crippen LogP contribution is 2.29. The van der Waals surface area contributed by atoms with Gasteiger partial charge in [0.2, 0.25) is 0 Å². The molecule has 4 nitrogen and oxygen atoms in total. The minimum Gasteiger partial charge on any atom is -0.485 e. The Morgan fingerprint density at radius 2 is 2.28 bits per heavy atom. The van der Waals surface area contributed by atoms with Crippen molar-refractivity contribution in [1.82, 2.24) is 9.55 Å². The molecule has 1 heterocycles. The summed E-state index contributed by atoms with van der Waals surface area (Å²) in [7, 11) is 1.92. The fourth-order valence-corrected chi connectivity index (χ4v) is 2.00. The molecular formula is C13H15BrN2O2. The Labute approximate surface area is 114 Å². The fourth-order valence-electron chi connectivity index (χ4n) is 1.66. The fraction of sp³-hybridized carbons (Fsp3) is 0.308. The van der Waals surface area contributed by atoms with Crippen LogP contribution in [0.25, 0.3) is 0 Å². The van der Waals surface area contributed by atoms with Gasteiger partial charge in [0.15, 0.2) is 0 Å². The van der Waals surface area contributed by atoms with Crippen molar-refractivity contribution in [2.24, 2.45) is 7.05 Å². The molecule has 0 saturated carbocycles. The number of hydrogen-bond donors (Lipinski definition) is 1. The Balaban J connectivity index is 2.18. The number of imidazole rings is 1. The number of aliphatic hydroxyl groups excluding tert-OH is 1. The van der Waals surface area contributed by atoms with Crippen molar-refractivity contribution in [1.29, 1.82) is 0 Å². The van der Waals surface area contributed by atoms with Crippen LogP contribution in [0.4, 0.5) is 0 Å². The molecule has 1 N–H and O–H groups in total. The van der Waals surface area contributed by atoms with E-state index in [-0.39, 0.29) is 0 Å². The standard InChI is InChI=1S/C13H15BrN2O2/c1-9(17)11-4-3-10(14)7-12(11)18-8-13-15-5-6-16(13)2/h3-7,9,17H,8H2,1-2H3. The highest BCUT2D eigenvalue weighted by atomic mass is 79.9. The van der Waals surface area contributed by atoms with E-state index in [0.717, 1.165) is 15.9 Å². The van der Waals surface area contributed by atoms with E-state index in [1.54, 1.807) is 13.1 Å². The number of aromatic nitrogens is 2. The minimum absolute atomic E-state index is 0.375. The molecule has 0 aliphatic rings. The molecule has 0 radical (unpaired) electrons. The summed E-state index contributed by atoms with van der Waals surface area (Å²) in [6.45, 7) is 2.09. The van der Waals surface area contributed by atoms with Gasteiger partial charge < -0.3 is 14.4 Å². The molecule has 2 rings (SSSR count). The first kappa shape index (κ1) is 13.1. The maximum atomic E-state index is 9.69. The molecule has 18 heavy (non-hydrogen) atoms. The molecule has 0 bridgehead atoms. The second-order valence-corrected chi connectivity index (χ2v) is 5.02. The molecule has 1 unspecified atom stereocenters. The summed E-state index contributed by atoms with van der Waals surface area (Å²) >= 11 is 3.40. The third-order valence-electron chi connectivity index (χ3n) is 2.70. The molecule has 0 aliphatic heterocycles. The van der Waals surface area contributed by atoms with E-state index in [2.05, 4.69) is 20.9 Å². The van der Waals surface area contributed by atoms with Crippen LogP contribution in [0.15, 0.2) is 35.1 Å². The van der Waals surface area contributed by atoms with E-state index >= 15 is 0 Å². The number of rotatable bonds is 4. The third-order valence-corrected chi connectivity index (χ3v) is 3.20. The van der Waals surface area contributed by atoms with Crippen molar-refractivity contribution >= 4 is 15.9 Å². The lowest BCUT2D eigenvalue weighted by Crippen LogP contribution is -2.05. The van der Waals surface area contributed by atoms with Crippen LogP contribution in [0.3, 0.4) is 0 Å². The van der Waals surface area contributed by atoms with Gasteiger partial charge in [-0.3, -0.25) is 0 Å². The highest BCUT2D eigenvalue weighted by molar-refractivity contribution is 9.10. The van der Waals surface area contributed by atoms with Crippen LogP contribution in [0, 0.1) is 0 Å². The summed E-state index contributed by atoms with van der Waals surface area (Å²) in [4.78, 5) is 4.19. The minimum atomic E-state index is -0.561. The molecule has 0 amide bonds. The first-order valence-corrected chi connectivity index (χ1v) is 6.43. The van der Waals surface area contributed by atoms with Crippen molar-refractivity contribution < 1.29 is 9.84 Å². The van der Waals surface area contributed by atoms with Gasteiger partial charge in [-0.1, -0.05) is 22.0 Å². The quantitative estimate of drug-likeness (QED) is 0.944. The van der Waals surface area contributed by atoms with E-state index in [1.807, 2.05) is 36.0 Å². The Bertz CT molecular complexity index is 538. The van der Waals surface area contributed by atoms with Gasteiger partial charge in [0.05, 0.1) is 6.10 Å². The van der Waals surface area contributed by atoms with Gasteiger partial charge in [-0.2, -0.15) is 0 Å². The smallest absolute Gasteiger partial charge is 0.146 e. The lowest BCUT2D eigenvalue weighted by atomic mass is 10.1. The van der Waals surface area contributed by atoms with Gasteiger partial charge in [-0.25, -0.2) is 4.98 Å². The van der Waals surface area contributed by atoms with Gasteiger partial charge >= 0.3 is 0 Å². The molecular weight excluding hydrogens is 296 g/mol. The van der Waals surface area contributed by atoms with Crippen LogP contribution >= 0.6 is 15.9 Å². The van der Waals surface area contributed by atoms with Crippen LogP contribution in [0.5, 0.6) is 5.75 Å². The van der Waals surface area contributed by atoms with E-state index in [0.29, 0.717) is 12.4 Å². The maximum absolute atomic E-state index is 9.69. The molecule has 1 atom stereocenters. The zero-order valence-electron chi connectivity index (χ0n) is 10.3. The summed E-state index contributed by atoms with van der Waals surface area (Å²) in [5, 5.41) is 9.69. The second-order valence-electron chi connectivity index (χ2n) is 4.10. The molecule has 2 aromatic rings. The van der Waals surface area contributed by atoms with Crippen LogP contribution in [-0.2, 0) is 13.7 Å². The predicted octanol–water partition coefficient (Wildman–Crippen LogP) is 2.81. The number of benzene rings is 1. The average Bonchev–Trinajstić information content (AvgIpc) is 2.72. The Hall–Kier alpha value is -1.33. The molecule has 0 saturated heterocycles. The van der Waals surface area contributed by atoms with Crippen molar-refractivity contribution in [2.45, 2.75) is 19.6 Å². The Kier molecular flexibility index (Phi) is 4.04. The lowest BCUT2D eigenvalue weighted by molar-refractivity contribution is 0.189. The second kappa shape index (κ2) is 5.54. The summed E-state index contributed by atoms with van der Waals surface area (Å²) in [5.41, 5.74) is 0.771. The maximum Gasteiger partial charge on any atom is 0.146 e. The van der Waals surface area contributed by atoms with Gasteiger partial charge in [0.25, 0.3) is 0 Å². The molecule has 1 aromatic carbocycles. The monoisotopic (exact) mass is 310 g/mol. The van der Waals surface area contributed by atoms with Crippen molar-refractivity contribution in [3.8, 4) is 5.75 Å². The van der Waals surface area contributed by atoms with Crippen LogP contribution < -0.4 is 4.74 Å². The summed E-state index contributed by atoms with van der Waals surface area (Å²) < 4.78 is 8.55. The Morgan fingerprint density at radius 3 is 2.89 bits per heavy atom. The van der Waals surface area contributed by atoms with E-state index in [4.69, 9.17) is 4.74 Å². The van der Waals surface area contributed by atoms with Crippen LogP contribution in [-0.4, -0.2) is 14.7 Å². The third kappa shape index (κ3) is 2.91. The number of nitrogens with zero attached hydrogens (tertiary/aromatic N) is 2. The lowest BCUT2D eigenvalue weighted by Gasteiger charge is -2.13. The zero-order valence-corrected chi connectivity index (χ0v) is 11.9. The number of halogens is 1. The highest BCUT2D eigenvalue weighted by Gasteiger charge is 2.10. The average molecular weight is 311 g/mol. The van der Waals surface area contributed by atoms with Gasteiger partial charge in [-0.15, -0.1) is 0 Å². The van der Waals surface area contributed by atoms with Crippen molar-refractivity contribution in [3.63, 3.8) is 0 Å². The zero-order chi connectivity index (χ0) is 13.1. The van der Waals surface area contributed by atoms with Crippen molar-refractivity contribution in [3.05, 3.63) is 46.5 Å². The molecule has 0 fully saturated rings. The molecule has 1 aromatic heterocycles. The number of hydrogen-bond acceptors (Lipinski definition) is 3. The SMILES string of the molecule is CC(O)c1ccc(Br)cc1OCc1nccn1C. The normalized spacial score (nSPS) is 12.4. The molecule has 5 heteroatoms. The summed E-state index contributed by atoms with van der Waals surface area (Å²) in [6, 6.07) is 5.59. The molecule has 0 spiro atoms. The van der Waals surface area contributed by atoms with E-state index in [1.165, 1.54) is 0 Å². The first-order chi connectivity index (χ1) is 8.58. The summed E-state index contributed by atoms with van der Waals surface area (Å²) in [6.07, 6.45) is 3.04. The van der Waals surface area contributed by atoms with E-state index < -0.39 is 6.10 Å². The van der Waals surface area contributed by atoms with Crippen LogP contribution in [0.1, 0.15) is 24.4 Å². The van der Waals surface area contributed by atoms with Gasteiger partial charge in [0, 0.05) is 29.5 Å². The first-order valence-electron chi connectivity index (χ1n) is 5.64. The van der Waals surface area contributed by atoms with Crippen LogP contribution in [0.2, 0.25) is 0 Å². The van der Waals surface area contributed by atoms with Crippen molar-refractivity contribution in [2.75, 3.05) is 0 Å². The molecule has 96 valence electrons. The molecule has 0 aliphatic carbocycles.